The average molecular weight is 323 g/mol. The summed E-state index contributed by atoms with van der Waals surface area (Å²) < 4.78 is 0. The van der Waals surface area contributed by atoms with Gasteiger partial charge in [-0.1, -0.05) is 30.0 Å². The molecule has 1 aliphatic heterocycles. The highest BCUT2D eigenvalue weighted by Crippen LogP contribution is 2.19. The molecule has 1 aromatic heterocycles. The number of aliphatic hydroxyl groups excluding tert-OH is 1. The molecule has 2 aromatic rings. The summed E-state index contributed by atoms with van der Waals surface area (Å²) >= 11 is 0. The van der Waals surface area contributed by atoms with Crippen molar-refractivity contribution in [2.45, 2.75) is 0 Å². The van der Waals surface area contributed by atoms with Gasteiger partial charge in [-0.05, 0) is 12.1 Å². The highest BCUT2D eigenvalue weighted by atomic mass is 16.3. The number of β-amino-alcohol motifs (C(OH)–C–C–N with tert-alkyl or cyclic N) is 1. The minimum absolute atomic E-state index is 0.189. The summed E-state index contributed by atoms with van der Waals surface area (Å²) in [4.78, 5) is 12.9. The van der Waals surface area contributed by atoms with Crippen LogP contribution in [0.15, 0.2) is 36.5 Å². The molecule has 0 amide bonds. The smallest absolute Gasteiger partial charge is 0.222 e. The SMILES string of the molecule is Nc1ncc(C#Cc2ccccc2)c(N2CCN(CCO)CC2)n1. The number of nitrogens with two attached hydrogens (primary N) is 1. The van der Waals surface area contributed by atoms with Crippen LogP contribution >= 0.6 is 0 Å². The molecular formula is C18H21N5O. The van der Waals surface area contributed by atoms with E-state index in [0.717, 1.165) is 43.1 Å². The molecule has 1 aliphatic rings. The number of hydrogen-bond acceptors (Lipinski definition) is 6. The topological polar surface area (TPSA) is 78.5 Å². The van der Waals surface area contributed by atoms with Gasteiger partial charge >= 0.3 is 0 Å². The van der Waals surface area contributed by atoms with Crippen molar-refractivity contribution in [1.82, 2.24) is 14.9 Å². The molecular weight excluding hydrogens is 302 g/mol. The van der Waals surface area contributed by atoms with Gasteiger partial charge in [0.25, 0.3) is 0 Å². The fraction of sp³-hybridized carbons (Fsp3) is 0.333. The monoisotopic (exact) mass is 323 g/mol. The minimum atomic E-state index is 0.189. The molecule has 6 nitrogen and oxygen atoms in total. The van der Waals surface area contributed by atoms with Gasteiger partial charge in [-0.2, -0.15) is 4.98 Å². The zero-order chi connectivity index (χ0) is 16.8. The van der Waals surface area contributed by atoms with Crippen LogP contribution in [0.1, 0.15) is 11.1 Å². The van der Waals surface area contributed by atoms with Crippen LogP contribution in [-0.2, 0) is 0 Å². The maximum absolute atomic E-state index is 9.05. The number of aliphatic hydroxyl groups is 1. The molecule has 0 radical (unpaired) electrons. The first kappa shape index (κ1) is 16.2. The second-order valence-corrected chi connectivity index (χ2v) is 5.63. The highest BCUT2D eigenvalue weighted by molar-refractivity contribution is 5.58. The fourth-order valence-electron chi connectivity index (χ4n) is 2.70. The molecule has 0 unspecified atom stereocenters. The number of aromatic nitrogens is 2. The molecule has 0 bridgehead atoms. The predicted octanol–water partition coefficient (Wildman–Crippen LogP) is 0.573. The zero-order valence-electron chi connectivity index (χ0n) is 13.5. The van der Waals surface area contributed by atoms with Crippen molar-refractivity contribution in [1.29, 1.82) is 0 Å². The Morgan fingerprint density at radius 2 is 1.83 bits per heavy atom. The minimum Gasteiger partial charge on any atom is -0.395 e. The summed E-state index contributed by atoms with van der Waals surface area (Å²) in [6, 6.07) is 9.83. The third-order valence-corrected chi connectivity index (χ3v) is 3.99. The first-order valence-corrected chi connectivity index (χ1v) is 8.04. The molecule has 3 N–H and O–H groups in total. The Morgan fingerprint density at radius 1 is 1.08 bits per heavy atom. The molecule has 1 saturated heterocycles. The number of piperazine rings is 1. The largest absolute Gasteiger partial charge is 0.395 e. The summed E-state index contributed by atoms with van der Waals surface area (Å²) in [5.41, 5.74) is 7.51. The van der Waals surface area contributed by atoms with Crippen LogP contribution in [0.25, 0.3) is 0 Å². The van der Waals surface area contributed by atoms with Crippen molar-refractivity contribution < 1.29 is 5.11 Å². The van der Waals surface area contributed by atoms with Gasteiger partial charge in [0.1, 0.15) is 5.82 Å². The Labute approximate surface area is 141 Å². The van der Waals surface area contributed by atoms with E-state index in [1.165, 1.54) is 0 Å². The van der Waals surface area contributed by atoms with E-state index in [0.29, 0.717) is 6.54 Å². The second kappa shape index (κ2) is 7.77. The van der Waals surface area contributed by atoms with Crippen molar-refractivity contribution in [2.24, 2.45) is 0 Å². The normalized spacial score (nSPS) is 15.0. The first-order chi connectivity index (χ1) is 11.8. The third-order valence-electron chi connectivity index (χ3n) is 3.99. The Bertz CT molecular complexity index is 730. The standard InChI is InChI=1S/C18H21N5O/c19-18-20-14-16(7-6-15-4-2-1-3-5-15)17(21-18)23-10-8-22(9-11-23)12-13-24/h1-5,14,24H,8-13H2,(H2,19,20,21). The van der Waals surface area contributed by atoms with Gasteiger partial charge in [-0.3, -0.25) is 4.90 Å². The Kier molecular flexibility index (Phi) is 5.26. The molecule has 0 aliphatic carbocycles. The van der Waals surface area contributed by atoms with E-state index in [4.69, 9.17) is 10.8 Å². The Hall–Kier alpha value is -2.62. The lowest BCUT2D eigenvalue weighted by atomic mass is 10.2. The van der Waals surface area contributed by atoms with Crippen molar-refractivity contribution in [2.75, 3.05) is 50.0 Å². The predicted molar refractivity (Wildman–Crippen MR) is 94.6 cm³/mol. The van der Waals surface area contributed by atoms with E-state index < -0.39 is 0 Å². The summed E-state index contributed by atoms with van der Waals surface area (Å²) in [7, 11) is 0. The number of benzene rings is 1. The lowest BCUT2D eigenvalue weighted by molar-refractivity contribution is 0.188. The van der Waals surface area contributed by atoms with Crippen LogP contribution in [0.3, 0.4) is 0 Å². The van der Waals surface area contributed by atoms with Gasteiger partial charge in [-0.15, -0.1) is 0 Å². The number of nitrogen functional groups attached to an aromatic ring is 1. The molecule has 2 heterocycles. The summed E-state index contributed by atoms with van der Waals surface area (Å²) in [5.74, 6) is 7.36. The number of nitrogens with zero attached hydrogens (tertiary/aromatic N) is 4. The van der Waals surface area contributed by atoms with Crippen molar-refractivity contribution in [3.63, 3.8) is 0 Å². The molecule has 124 valence electrons. The van der Waals surface area contributed by atoms with Crippen LogP contribution in [0.5, 0.6) is 0 Å². The average Bonchev–Trinajstić information content (AvgIpc) is 2.62. The van der Waals surface area contributed by atoms with Crippen molar-refractivity contribution >= 4 is 11.8 Å². The van der Waals surface area contributed by atoms with E-state index in [2.05, 4.69) is 31.6 Å². The lowest BCUT2D eigenvalue weighted by Gasteiger charge is -2.35. The molecule has 3 rings (SSSR count). The molecule has 24 heavy (non-hydrogen) atoms. The van der Waals surface area contributed by atoms with Crippen molar-refractivity contribution in [3.05, 3.63) is 47.7 Å². The maximum atomic E-state index is 9.05. The highest BCUT2D eigenvalue weighted by Gasteiger charge is 2.20. The Morgan fingerprint density at radius 3 is 2.54 bits per heavy atom. The maximum Gasteiger partial charge on any atom is 0.222 e. The van der Waals surface area contributed by atoms with Gasteiger partial charge < -0.3 is 15.7 Å². The van der Waals surface area contributed by atoms with E-state index in [1.54, 1.807) is 6.20 Å². The van der Waals surface area contributed by atoms with Gasteiger partial charge in [-0.25, -0.2) is 4.98 Å². The molecule has 6 heteroatoms. The number of anilines is 2. The lowest BCUT2D eigenvalue weighted by Crippen LogP contribution is -2.47. The summed E-state index contributed by atoms with van der Waals surface area (Å²) in [6.07, 6.45) is 1.69. The molecule has 0 saturated carbocycles. The van der Waals surface area contributed by atoms with E-state index in [1.807, 2.05) is 30.3 Å². The molecule has 1 aromatic carbocycles. The quantitative estimate of drug-likeness (QED) is 0.804. The van der Waals surface area contributed by atoms with E-state index in [9.17, 15) is 0 Å². The molecule has 1 fully saturated rings. The van der Waals surface area contributed by atoms with Crippen molar-refractivity contribution in [3.8, 4) is 11.8 Å². The van der Waals surface area contributed by atoms with Gasteiger partial charge in [0, 0.05) is 38.3 Å². The van der Waals surface area contributed by atoms with Crippen LogP contribution < -0.4 is 10.6 Å². The Balaban J connectivity index is 1.81. The first-order valence-electron chi connectivity index (χ1n) is 8.04. The summed E-state index contributed by atoms with van der Waals surface area (Å²) in [6.45, 7) is 4.33. The van der Waals surface area contributed by atoms with Gasteiger partial charge in [0.15, 0.2) is 0 Å². The number of rotatable bonds is 3. The number of hydrogen-bond donors (Lipinski definition) is 2. The van der Waals surface area contributed by atoms with Gasteiger partial charge in [0.05, 0.1) is 18.4 Å². The van der Waals surface area contributed by atoms with E-state index >= 15 is 0 Å². The molecule has 0 atom stereocenters. The van der Waals surface area contributed by atoms with Crippen LogP contribution in [0.2, 0.25) is 0 Å². The van der Waals surface area contributed by atoms with Crippen LogP contribution in [0.4, 0.5) is 11.8 Å². The van der Waals surface area contributed by atoms with Gasteiger partial charge in [0.2, 0.25) is 5.95 Å². The summed E-state index contributed by atoms with van der Waals surface area (Å²) in [5, 5.41) is 9.05. The molecule has 0 spiro atoms. The van der Waals surface area contributed by atoms with E-state index in [-0.39, 0.29) is 12.6 Å². The third kappa shape index (κ3) is 4.02. The van der Waals surface area contributed by atoms with Crippen LogP contribution in [0, 0.1) is 11.8 Å². The van der Waals surface area contributed by atoms with Crippen LogP contribution in [-0.4, -0.2) is 59.3 Å². The second-order valence-electron chi connectivity index (χ2n) is 5.63. The zero-order valence-corrected chi connectivity index (χ0v) is 13.5. The fourth-order valence-corrected chi connectivity index (χ4v) is 2.70.